The van der Waals surface area contributed by atoms with Gasteiger partial charge >= 0.3 is 0 Å². The van der Waals surface area contributed by atoms with Crippen LogP contribution in [0.5, 0.6) is 0 Å². The largest absolute Gasteiger partial charge is 0.396 e. The topological polar surface area (TPSA) is 56.0 Å². The number of hydrogen-bond acceptors (Lipinski definition) is 3. The molecule has 0 aliphatic heterocycles. The maximum absolute atomic E-state index is 12.1. The number of hydrogen-bond donors (Lipinski definition) is 1. The first-order valence-corrected chi connectivity index (χ1v) is 6.49. The summed E-state index contributed by atoms with van der Waals surface area (Å²) in [5.74, 6) is -0.0961. The van der Waals surface area contributed by atoms with E-state index in [1.165, 1.54) is 0 Å². The minimum Gasteiger partial charge on any atom is -0.396 e. The van der Waals surface area contributed by atoms with Crippen LogP contribution in [0.3, 0.4) is 0 Å². The number of rotatable bonds is 2. The number of carbonyl (C=O) groups excluding carboxylic acids is 1. The molecule has 3 nitrogen and oxygen atoms in total. The molecule has 0 fully saturated rings. The van der Waals surface area contributed by atoms with Gasteiger partial charge in [-0.3, -0.25) is 4.79 Å². The predicted octanol–water partition coefficient (Wildman–Crippen LogP) is 3.68. The summed E-state index contributed by atoms with van der Waals surface area (Å²) in [5, 5.41) is 0. The van der Waals surface area contributed by atoms with Gasteiger partial charge in [0.25, 0.3) is 0 Å². The van der Waals surface area contributed by atoms with Gasteiger partial charge in [-0.2, -0.15) is 0 Å². The van der Waals surface area contributed by atoms with Gasteiger partial charge < -0.3 is 5.73 Å². The van der Waals surface area contributed by atoms with Crippen LogP contribution < -0.4 is 5.73 Å². The Bertz CT molecular complexity index is 527. The van der Waals surface area contributed by atoms with Crippen LogP contribution in [0.1, 0.15) is 29.8 Å². The second-order valence-electron chi connectivity index (χ2n) is 3.26. The smallest absolute Gasteiger partial charge is 0.195 e. The zero-order valence-electron chi connectivity index (χ0n) is 10.4. The van der Waals surface area contributed by atoms with Crippen LogP contribution in [0.2, 0.25) is 0 Å². The fourth-order valence-electron chi connectivity index (χ4n) is 1.39. The molecule has 0 spiro atoms. The number of anilines is 1. The van der Waals surface area contributed by atoms with Gasteiger partial charge in [0.05, 0.1) is 5.69 Å². The molecule has 18 heavy (non-hydrogen) atoms. The lowest BCUT2D eigenvalue weighted by Gasteiger charge is -2.05. The van der Waals surface area contributed by atoms with Gasteiger partial charge in [0, 0.05) is 17.3 Å². The van der Waals surface area contributed by atoms with Crippen molar-refractivity contribution < 1.29 is 4.79 Å². The van der Waals surface area contributed by atoms with Crippen molar-refractivity contribution in [3.63, 3.8) is 0 Å². The van der Waals surface area contributed by atoms with Gasteiger partial charge in [0.2, 0.25) is 0 Å². The van der Waals surface area contributed by atoms with Crippen molar-refractivity contribution in [2.24, 2.45) is 0 Å². The quantitative estimate of drug-likeness (QED) is 0.680. The van der Waals surface area contributed by atoms with Crippen molar-refractivity contribution in [3.05, 3.63) is 58.3 Å². The summed E-state index contributed by atoms with van der Waals surface area (Å²) in [6.45, 7) is 4.00. The van der Waals surface area contributed by atoms with Gasteiger partial charge in [0.1, 0.15) is 4.60 Å². The molecule has 2 N–H and O–H groups in total. The number of nitrogen functional groups attached to an aromatic ring is 1. The molecule has 2 aromatic rings. The zero-order valence-corrected chi connectivity index (χ0v) is 11.9. The standard InChI is InChI=1S/C12H9BrN2O.C2H6/c13-12-10(14)9(6-7-15-12)11(16)8-4-2-1-3-5-8;1-2/h1-7H,14H2;1-2H3. The molecule has 2 rings (SSSR count). The third kappa shape index (κ3) is 3.17. The number of benzene rings is 1. The van der Waals surface area contributed by atoms with E-state index in [9.17, 15) is 4.79 Å². The molecular formula is C14H15BrN2O. The molecule has 0 unspecified atom stereocenters. The summed E-state index contributed by atoms with van der Waals surface area (Å²) < 4.78 is 0.495. The zero-order chi connectivity index (χ0) is 13.5. The van der Waals surface area contributed by atoms with Gasteiger partial charge in [-0.1, -0.05) is 44.2 Å². The maximum Gasteiger partial charge on any atom is 0.195 e. The Labute approximate surface area is 115 Å². The van der Waals surface area contributed by atoms with E-state index < -0.39 is 0 Å². The molecule has 0 bridgehead atoms. The summed E-state index contributed by atoms with van der Waals surface area (Å²) in [7, 11) is 0. The Morgan fingerprint density at radius 2 is 1.78 bits per heavy atom. The molecule has 1 heterocycles. The molecule has 0 radical (unpaired) electrons. The lowest BCUT2D eigenvalue weighted by atomic mass is 10.0. The fourth-order valence-corrected chi connectivity index (χ4v) is 1.72. The number of nitrogens with zero attached hydrogens (tertiary/aromatic N) is 1. The minimum absolute atomic E-state index is 0.0961. The molecule has 0 saturated heterocycles. The van der Waals surface area contributed by atoms with E-state index >= 15 is 0 Å². The van der Waals surface area contributed by atoms with Crippen LogP contribution in [-0.4, -0.2) is 10.8 Å². The highest BCUT2D eigenvalue weighted by Gasteiger charge is 2.13. The Morgan fingerprint density at radius 3 is 2.39 bits per heavy atom. The van der Waals surface area contributed by atoms with Crippen LogP contribution in [-0.2, 0) is 0 Å². The van der Waals surface area contributed by atoms with E-state index in [0.717, 1.165) is 0 Å². The SMILES string of the molecule is CC.Nc1c(C(=O)c2ccccc2)ccnc1Br. The van der Waals surface area contributed by atoms with Crippen LogP contribution in [0, 0.1) is 0 Å². The van der Waals surface area contributed by atoms with E-state index in [4.69, 9.17) is 5.73 Å². The van der Waals surface area contributed by atoms with E-state index in [2.05, 4.69) is 20.9 Å². The van der Waals surface area contributed by atoms with Crippen LogP contribution in [0.25, 0.3) is 0 Å². The second-order valence-corrected chi connectivity index (χ2v) is 4.01. The molecule has 0 amide bonds. The van der Waals surface area contributed by atoms with E-state index in [-0.39, 0.29) is 5.78 Å². The number of nitrogens with two attached hydrogens (primary N) is 1. The molecule has 1 aromatic carbocycles. The first-order valence-electron chi connectivity index (χ1n) is 5.70. The summed E-state index contributed by atoms with van der Waals surface area (Å²) in [6, 6.07) is 10.6. The highest BCUT2D eigenvalue weighted by molar-refractivity contribution is 9.10. The van der Waals surface area contributed by atoms with Crippen molar-refractivity contribution in [1.29, 1.82) is 0 Å². The Balaban J connectivity index is 0.000000771. The molecule has 94 valence electrons. The van der Waals surface area contributed by atoms with Crippen molar-refractivity contribution in [1.82, 2.24) is 4.98 Å². The minimum atomic E-state index is -0.0961. The van der Waals surface area contributed by atoms with Crippen molar-refractivity contribution in [2.75, 3.05) is 5.73 Å². The van der Waals surface area contributed by atoms with E-state index in [0.29, 0.717) is 21.4 Å². The van der Waals surface area contributed by atoms with Crippen molar-refractivity contribution in [3.8, 4) is 0 Å². The summed E-state index contributed by atoms with van der Waals surface area (Å²) in [6.07, 6.45) is 1.55. The summed E-state index contributed by atoms with van der Waals surface area (Å²) in [4.78, 5) is 16.0. The third-order valence-electron chi connectivity index (χ3n) is 2.22. The average molecular weight is 307 g/mol. The first-order chi connectivity index (χ1) is 8.70. The summed E-state index contributed by atoms with van der Waals surface area (Å²) >= 11 is 3.20. The van der Waals surface area contributed by atoms with Gasteiger partial charge in [0.15, 0.2) is 5.78 Å². The molecule has 0 atom stereocenters. The molecule has 0 aliphatic carbocycles. The van der Waals surface area contributed by atoms with Crippen LogP contribution in [0.15, 0.2) is 47.2 Å². The first kappa shape index (κ1) is 14.4. The maximum atomic E-state index is 12.1. The molecule has 1 aromatic heterocycles. The highest BCUT2D eigenvalue weighted by Crippen LogP contribution is 2.22. The number of ketones is 1. The summed E-state index contributed by atoms with van der Waals surface area (Å²) in [5.41, 5.74) is 7.25. The van der Waals surface area contributed by atoms with Gasteiger partial charge in [-0.15, -0.1) is 0 Å². The van der Waals surface area contributed by atoms with Gasteiger partial charge in [-0.25, -0.2) is 4.98 Å². The number of aromatic nitrogens is 1. The molecule has 0 saturated carbocycles. The number of carbonyl (C=O) groups is 1. The predicted molar refractivity (Wildman–Crippen MR) is 77.6 cm³/mol. The van der Waals surface area contributed by atoms with Crippen molar-refractivity contribution >= 4 is 27.4 Å². The lowest BCUT2D eigenvalue weighted by Crippen LogP contribution is -2.06. The van der Waals surface area contributed by atoms with Gasteiger partial charge in [-0.05, 0) is 22.0 Å². The van der Waals surface area contributed by atoms with E-state index in [1.54, 1.807) is 24.4 Å². The second kappa shape index (κ2) is 6.91. The Hall–Kier alpha value is -1.68. The Morgan fingerprint density at radius 1 is 1.17 bits per heavy atom. The third-order valence-corrected chi connectivity index (χ3v) is 2.85. The van der Waals surface area contributed by atoms with Crippen LogP contribution in [0.4, 0.5) is 5.69 Å². The normalized spacial score (nSPS) is 9.28. The lowest BCUT2D eigenvalue weighted by molar-refractivity contribution is 0.103. The Kier molecular flexibility index (Phi) is 5.52. The molecule has 4 heteroatoms. The van der Waals surface area contributed by atoms with Crippen LogP contribution >= 0.6 is 15.9 Å². The average Bonchev–Trinajstić information content (AvgIpc) is 2.44. The van der Waals surface area contributed by atoms with Crippen molar-refractivity contribution in [2.45, 2.75) is 13.8 Å². The highest BCUT2D eigenvalue weighted by atomic mass is 79.9. The molecule has 0 aliphatic rings. The van der Waals surface area contributed by atoms with E-state index in [1.807, 2.05) is 32.0 Å². The molecular weight excluding hydrogens is 292 g/mol. The number of halogens is 1. The number of pyridine rings is 1. The fraction of sp³-hybridized carbons (Fsp3) is 0.143. The monoisotopic (exact) mass is 306 g/mol.